The van der Waals surface area contributed by atoms with Crippen LogP contribution in [-0.2, 0) is 4.79 Å². The van der Waals surface area contributed by atoms with E-state index in [2.05, 4.69) is 5.32 Å². The number of carbonyl (C=O) groups is 1. The van der Waals surface area contributed by atoms with E-state index in [0.717, 1.165) is 10.4 Å². The minimum absolute atomic E-state index is 0.341. The van der Waals surface area contributed by atoms with Gasteiger partial charge in [-0.05, 0) is 42.1 Å². The highest BCUT2D eigenvalue weighted by molar-refractivity contribution is 7.10. The van der Waals surface area contributed by atoms with Crippen LogP contribution in [0.2, 0.25) is 0 Å². The Balaban J connectivity index is 2.27. The summed E-state index contributed by atoms with van der Waals surface area (Å²) in [6.45, 7) is 1.79. The number of hydrogen-bond donors (Lipinski definition) is 2. The first-order chi connectivity index (χ1) is 8.56. The molecule has 0 saturated carbocycles. The van der Waals surface area contributed by atoms with Gasteiger partial charge >= 0.3 is 0 Å². The predicted octanol–water partition coefficient (Wildman–Crippen LogP) is 2.83. The van der Waals surface area contributed by atoms with Crippen molar-refractivity contribution in [3.63, 3.8) is 0 Å². The molecule has 0 aliphatic rings. The molecule has 1 aromatic carbocycles. The summed E-state index contributed by atoms with van der Waals surface area (Å²) in [6.07, 6.45) is 0. The third-order valence-electron chi connectivity index (χ3n) is 2.47. The van der Waals surface area contributed by atoms with Crippen molar-refractivity contribution in [1.82, 2.24) is 0 Å². The molecule has 3 nitrogen and oxygen atoms in total. The second kappa shape index (κ2) is 5.18. The Morgan fingerprint density at radius 2 is 2.22 bits per heavy atom. The van der Waals surface area contributed by atoms with Gasteiger partial charge in [0.05, 0.1) is 0 Å². The number of rotatable bonds is 4. The molecule has 0 aliphatic carbocycles. The summed E-state index contributed by atoms with van der Waals surface area (Å²) in [5.74, 6) is -0.828. The normalized spacial score (nSPS) is 12.1. The third kappa shape index (κ3) is 2.87. The standard InChI is InChI=1S/C13H13FN2OS/c1-8-5-9(14)7-10(6-8)16-12(13(15)17)11-3-2-4-18-11/h2-7,12,16H,1H3,(H2,15,17). The largest absolute Gasteiger partial charge is 0.369 e. The molecule has 0 bridgehead atoms. The SMILES string of the molecule is Cc1cc(F)cc(NC(C(N)=O)c2cccs2)c1. The average molecular weight is 264 g/mol. The number of nitrogens with one attached hydrogen (secondary N) is 1. The van der Waals surface area contributed by atoms with Crippen LogP contribution < -0.4 is 11.1 Å². The van der Waals surface area contributed by atoms with Gasteiger partial charge < -0.3 is 11.1 Å². The molecule has 0 radical (unpaired) electrons. The summed E-state index contributed by atoms with van der Waals surface area (Å²) < 4.78 is 13.3. The number of halogens is 1. The van der Waals surface area contributed by atoms with Gasteiger partial charge in [-0.25, -0.2) is 4.39 Å². The molecule has 0 fully saturated rings. The topological polar surface area (TPSA) is 55.1 Å². The zero-order chi connectivity index (χ0) is 13.1. The summed E-state index contributed by atoms with van der Waals surface area (Å²) in [5, 5.41) is 4.82. The van der Waals surface area contributed by atoms with Crippen molar-refractivity contribution in [3.05, 3.63) is 52.0 Å². The van der Waals surface area contributed by atoms with E-state index in [0.29, 0.717) is 5.69 Å². The van der Waals surface area contributed by atoms with Gasteiger partial charge in [0.25, 0.3) is 0 Å². The lowest BCUT2D eigenvalue weighted by Gasteiger charge is -2.15. The van der Waals surface area contributed by atoms with Gasteiger partial charge in [-0.1, -0.05) is 6.07 Å². The number of nitrogens with two attached hydrogens (primary N) is 1. The van der Waals surface area contributed by atoms with Gasteiger partial charge in [-0.3, -0.25) is 4.79 Å². The Labute approximate surface area is 108 Å². The minimum atomic E-state index is -0.633. The number of benzene rings is 1. The van der Waals surface area contributed by atoms with E-state index in [1.807, 2.05) is 17.5 Å². The van der Waals surface area contributed by atoms with Gasteiger partial charge in [0.2, 0.25) is 5.91 Å². The van der Waals surface area contributed by atoms with Gasteiger partial charge in [0.15, 0.2) is 0 Å². The summed E-state index contributed by atoms with van der Waals surface area (Å²) in [7, 11) is 0. The zero-order valence-electron chi connectivity index (χ0n) is 9.81. The lowest BCUT2D eigenvalue weighted by molar-refractivity contribution is -0.118. The molecule has 1 amide bonds. The molecule has 1 unspecified atom stereocenters. The molecule has 18 heavy (non-hydrogen) atoms. The first-order valence-electron chi connectivity index (χ1n) is 5.43. The van der Waals surface area contributed by atoms with Crippen molar-refractivity contribution in [1.29, 1.82) is 0 Å². The molecular weight excluding hydrogens is 251 g/mol. The van der Waals surface area contributed by atoms with Gasteiger partial charge in [-0.15, -0.1) is 11.3 Å². The summed E-state index contributed by atoms with van der Waals surface area (Å²) in [5.41, 5.74) is 6.69. The fraction of sp³-hybridized carbons (Fsp3) is 0.154. The maximum atomic E-state index is 13.3. The van der Waals surface area contributed by atoms with E-state index in [1.54, 1.807) is 13.0 Å². The number of thiophene rings is 1. The fourth-order valence-electron chi connectivity index (χ4n) is 1.72. The Kier molecular flexibility index (Phi) is 3.62. The Morgan fingerprint density at radius 1 is 1.44 bits per heavy atom. The predicted molar refractivity (Wildman–Crippen MR) is 71.0 cm³/mol. The number of primary amides is 1. The second-order valence-electron chi connectivity index (χ2n) is 4.01. The van der Waals surface area contributed by atoms with Crippen LogP contribution in [0.15, 0.2) is 35.7 Å². The third-order valence-corrected chi connectivity index (χ3v) is 3.40. The molecule has 2 rings (SSSR count). The maximum absolute atomic E-state index is 13.3. The quantitative estimate of drug-likeness (QED) is 0.892. The summed E-state index contributed by atoms with van der Waals surface area (Å²) in [4.78, 5) is 12.3. The van der Waals surface area contributed by atoms with Crippen LogP contribution in [0, 0.1) is 12.7 Å². The highest BCUT2D eigenvalue weighted by Gasteiger charge is 2.18. The van der Waals surface area contributed by atoms with Crippen LogP contribution in [0.4, 0.5) is 10.1 Å². The van der Waals surface area contributed by atoms with Gasteiger partial charge in [0.1, 0.15) is 11.9 Å². The molecule has 0 spiro atoms. The van der Waals surface area contributed by atoms with Crippen molar-refractivity contribution in [2.24, 2.45) is 5.73 Å². The molecular formula is C13H13FN2OS. The van der Waals surface area contributed by atoms with Crippen LogP contribution in [0.25, 0.3) is 0 Å². The molecule has 1 atom stereocenters. The van der Waals surface area contributed by atoms with Crippen molar-refractivity contribution in [2.75, 3.05) is 5.32 Å². The molecule has 1 heterocycles. The molecule has 94 valence electrons. The zero-order valence-corrected chi connectivity index (χ0v) is 10.6. The Hall–Kier alpha value is -1.88. The Morgan fingerprint density at radius 3 is 2.78 bits per heavy atom. The monoisotopic (exact) mass is 264 g/mol. The highest BCUT2D eigenvalue weighted by atomic mass is 32.1. The smallest absolute Gasteiger partial charge is 0.245 e. The van der Waals surface area contributed by atoms with Crippen molar-refractivity contribution in [2.45, 2.75) is 13.0 Å². The van der Waals surface area contributed by atoms with Crippen molar-refractivity contribution >= 4 is 22.9 Å². The number of carbonyl (C=O) groups excluding carboxylic acids is 1. The van der Waals surface area contributed by atoms with E-state index in [-0.39, 0.29) is 5.82 Å². The van der Waals surface area contributed by atoms with Crippen LogP contribution in [0.3, 0.4) is 0 Å². The number of amides is 1. The summed E-state index contributed by atoms with van der Waals surface area (Å²) >= 11 is 1.43. The van der Waals surface area contributed by atoms with E-state index in [1.165, 1.54) is 23.5 Å². The molecule has 3 N–H and O–H groups in total. The molecule has 1 aromatic heterocycles. The maximum Gasteiger partial charge on any atom is 0.245 e. The van der Waals surface area contributed by atoms with Gasteiger partial charge in [-0.2, -0.15) is 0 Å². The number of aryl methyl sites for hydroxylation is 1. The van der Waals surface area contributed by atoms with Crippen LogP contribution in [0.1, 0.15) is 16.5 Å². The lowest BCUT2D eigenvalue weighted by atomic mass is 10.1. The van der Waals surface area contributed by atoms with E-state index < -0.39 is 11.9 Å². The number of hydrogen-bond acceptors (Lipinski definition) is 3. The summed E-state index contributed by atoms with van der Waals surface area (Å²) in [6, 6.07) is 7.57. The minimum Gasteiger partial charge on any atom is -0.369 e. The molecule has 0 aliphatic heterocycles. The van der Waals surface area contributed by atoms with Crippen LogP contribution >= 0.6 is 11.3 Å². The molecule has 2 aromatic rings. The van der Waals surface area contributed by atoms with Crippen molar-refractivity contribution < 1.29 is 9.18 Å². The van der Waals surface area contributed by atoms with Crippen LogP contribution in [0.5, 0.6) is 0 Å². The molecule has 5 heteroatoms. The fourth-order valence-corrected chi connectivity index (χ4v) is 2.51. The Bertz CT molecular complexity index is 534. The molecule has 0 saturated heterocycles. The highest BCUT2D eigenvalue weighted by Crippen LogP contribution is 2.24. The first kappa shape index (κ1) is 12.6. The average Bonchev–Trinajstić information content (AvgIpc) is 2.77. The van der Waals surface area contributed by atoms with E-state index in [4.69, 9.17) is 5.73 Å². The second-order valence-corrected chi connectivity index (χ2v) is 4.99. The van der Waals surface area contributed by atoms with Gasteiger partial charge in [0, 0.05) is 10.6 Å². The van der Waals surface area contributed by atoms with Crippen LogP contribution in [-0.4, -0.2) is 5.91 Å². The number of anilines is 1. The van der Waals surface area contributed by atoms with Crippen molar-refractivity contribution in [3.8, 4) is 0 Å². The van der Waals surface area contributed by atoms with E-state index in [9.17, 15) is 9.18 Å². The lowest BCUT2D eigenvalue weighted by Crippen LogP contribution is -2.27. The van der Waals surface area contributed by atoms with E-state index >= 15 is 0 Å². The first-order valence-corrected chi connectivity index (χ1v) is 6.30.